The highest BCUT2D eigenvalue weighted by Gasteiger charge is 2.44. The maximum Gasteiger partial charge on any atom is 0.163 e. The van der Waals surface area contributed by atoms with Crippen LogP contribution in [-0.4, -0.2) is 61.1 Å². The van der Waals surface area contributed by atoms with Crippen LogP contribution in [0, 0.1) is 5.82 Å². The highest BCUT2D eigenvalue weighted by Crippen LogP contribution is 2.36. The molecule has 0 amide bonds. The molecule has 4 aromatic rings. The van der Waals surface area contributed by atoms with Gasteiger partial charge in [0.2, 0.25) is 0 Å². The highest BCUT2D eigenvalue weighted by molar-refractivity contribution is 6.31. The second kappa shape index (κ2) is 8.81. The summed E-state index contributed by atoms with van der Waals surface area (Å²) in [7, 11) is 0. The van der Waals surface area contributed by atoms with Crippen LogP contribution in [-0.2, 0) is 11.2 Å². The Morgan fingerprint density at radius 1 is 0.941 bits per heavy atom. The summed E-state index contributed by atoms with van der Waals surface area (Å²) >= 11 is 6.12. The predicted octanol–water partition coefficient (Wildman–Crippen LogP) is 2.86. The van der Waals surface area contributed by atoms with Crippen LogP contribution >= 0.6 is 11.6 Å². The number of fused-ring (bicyclic) bond motifs is 2. The Morgan fingerprint density at radius 3 is 2.44 bits per heavy atom. The number of aliphatic hydroxyl groups is 4. The van der Waals surface area contributed by atoms with Gasteiger partial charge >= 0.3 is 0 Å². The fraction of sp³-hybridized carbons (Fsp3) is 0.280. The summed E-state index contributed by atoms with van der Waals surface area (Å²) in [6, 6.07) is 13.5. The van der Waals surface area contributed by atoms with Crippen LogP contribution in [0.2, 0.25) is 5.02 Å². The SMILES string of the molecule is OC[C@H]1O[C@@H](n2cc(Cc3ccc4cc(O)ccc4c3)c3c(F)cc(Cl)cc32)[C@H](O)[C@@H](O)[C@@H]1O. The molecule has 0 spiro atoms. The number of benzene rings is 3. The number of aliphatic hydroxyl groups excluding tert-OH is 4. The molecule has 178 valence electrons. The lowest BCUT2D eigenvalue weighted by atomic mass is 9.98. The molecule has 0 bridgehead atoms. The van der Waals surface area contributed by atoms with Crippen molar-refractivity contribution < 1.29 is 34.7 Å². The van der Waals surface area contributed by atoms with Crippen molar-refractivity contribution in [2.45, 2.75) is 37.1 Å². The maximum absolute atomic E-state index is 15.1. The summed E-state index contributed by atoms with van der Waals surface area (Å²) in [5, 5.41) is 52.5. The summed E-state index contributed by atoms with van der Waals surface area (Å²) in [6.45, 7) is -0.574. The molecule has 5 atom stereocenters. The largest absolute Gasteiger partial charge is 0.508 e. The zero-order valence-corrected chi connectivity index (χ0v) is 18.6. The van der Waals surface area contributed by atoms with Crippen LogP contribution < -0.4 is 0 Å². The molecule has 9 heteroatoms. The van der Waals surface area contributed by atoms with Gasteiger partial charge in [0, 0.05) is 16.6 Å². The van der Waals surface area contributed by atoms with Crippen molar-refractivity contribution in [2.75, 3.05) is 6.61 Å². The molecular weight excluding hydrogens is 465 g/mol. The van der Waals surface area contributed by atoms with Crippen LogP contribution in [0.15, 0.2) is 54.7 Å². The Morgan fingerprint density at radius 2 is 1.68 bits per heavy atom. The Balaban J connectivity index is 1.60. The van der Waals surface area contributed by atoms with Gasteiger partial charge in [0.05, 0.1) is 12.1 Å². The number of rotatable bonds is 4. The number of aromatic nitrogens is 1. The number of aromatic hydroxyl groups is 1. The molecule has 7 nitrogen and oxygen atoms in total. The molecule has 1 saturated heterocycles. The van der Waals surface area contributed by atoms with E-state index in [1.165, 1.54) is 16.7 Å². The molecule has 3 aromatic carbocycles. The van der Waals surface area contributed by atoms with E-state index in [2.05, 4.69) is 0 Å². The van der Waals surface area contributed by atoms with Gasteiger partial charge in [-0.05, 0) is 52.6 Å². The summed E-state index contributed by atoms with van der Waals surface area (Å²) < 4.78 is 22.3. The number of hydrogen-bond acceptors (Lipinski definition) is 6. The first kappa shape index (κ1) is 23.0. The third kappa shape index (κ3) is 3.92. The van der Waals surface area contributed by atoms with Gasteiger partial charge in [0.1, 0.15) is 36.0 Å². The van der Waals surface area contributed by atoms with Crippen molar-refractivity contribution in [3.8, 4) is 5.75 Å². The molecule has 34 heavy (non-hydrogen) atoms. The molecule has 1 aliphatic heterocycles. The van der Waals surface area contributed by atoms with Gasteiger partial charge in [0.25, 0.3) is 0 Å². The lowest BCUT2D eigenvalue weighted by Gasteiger charge is -2.40. The third-order valence-corrected chi connectivity index (χ3v) is 6.57. The van der Waals surface area contributed by atoms with E-state index in [9.17, 15) is 25.5 Å². The number of hydrogen-bond donors (Lipinski definition) is 5. The van der Waals surface area contributed by atoms with Gasteiger partial charge in [-0.15, -0.1) is 0 Å². The second-order valence-electron chi connectivity index (χ2n) is 8.61. The minimum Gasteiger partial charge on any atom is -0.508 e. The van der Waals surface area contributed by atoms with E-state index in [1.807, 2.05) is 18.2 Å². The van der Waals surface area contributed by atoms with Gasteiger partial charge in [-0.3, -0.25) is 0 Å². The summed E-state index contributed by atoms with van der Waals surface area (Å²) in [6.07, 6.45) is -4.94. The average molecular weight is 488 g/mol. The van der Waals surface area contributed by atoms with Gasteiger partial charge in [-0.25, -0.2) is 4.39 Å². The van der Waals surface area contributed by atoms with Gasteiger partial charge in [-0.2, -0.15) is 0 Å². The van der Waals surface area contributed by atoms with Gasteiger partial charge in [-0.1, -0.05) is 35.9 Å². The summed E-state index contributed by atoms with van der Waals surface area (Å²) in [5.74, 6) is -0.381. The van der Waals surface area contributed by atoms with Crippen molar-refractivity contribution in [1.29, 1.82) is 0 Å². The van der Waals surface area contributed by atoms with Gasteiger partial charge < -0.3 is 34.8 Å². The van der Waals surface area contributed by atoms with Crippen molar-refractivity contribution >= 4 is 33.3 Å². The first-order valence-electron chi connectivity index (χ1n) is 10.8. The fourth-order valence-corrected chi connectivity index (χ4v) is 4.85. The van der Waals surface area contributed by atoms with Crippen LogP contribution in [0.5, 0.6) is 5.75 Å². The number of halogens is 2. The first-order chi connectivity index (χ1) is 16.3. The monoisotopic (exact) mass is 487 g/mol. The number of ether oxygens (including phenoxy) is 1. The molecule has 1 fully saturated rings. The number of nitrogens with zero attached hydrogens (tertiary/aromatic N) is 1. The van der Waals surface area contributed by atoms with E-state index in [-0.39, 0.29) is 16.2 Å². The molecule has 0 radical (unpaired) electrons. The van der Waals surface area contributed by atoms with E-state index in [0.717, 1.165) is 16.3 Å². The van der Waals surface area contributed by atoms with Crippen LogP contribution in [0.4, 0.5) is 4.39 Å². The van der Waals surface area contributed by atoms with E-state index < -0.39 is 43.1 Å². The van der Waals surface area contributed by atoms with Crippen LogP contribution in [0.3, 0.4) is 0 Å². The minimum atomic E-state index is -1.57. The highest BCUT2D eigenvalue weighted by atomic mass is 35.5. The van der Waals surface area contributed by atoms with Gasteiger partial charge in [0.15, 0.2) is 6.23 Å². The van der Waals surface area contributed by atoms with E-state index in [0.29, 0.717) is 17.5 Å². The molecule has 1 aliphatic rings. The maximum atomic E-state index is 15.1. The number of phenolic OH excluding ortho intramolecular Hbond substituents is 1. The molecule has 0 aliphatic carbocycles. The third-order valence-electron chi connectivity index (χ3n) is 6.35. The molecule has 1 aromatic heterocycles. The normalized spacial score (nSPS) is 25.3. The molecule has 5 rings (SSSR count). The predicted molar refractivity (Wildman–Crippen MR) is 124 cm³/mol. The molecule has 0 unspecified atom stereocenters. The number of phenols is 1. The first-order valence-corrected chi connectivity index (χ1v) is 11.1. The average Bonchev–Trinajstić information content (AvgIpc) is 3.15. The van der Waals surface area contributed by atoms with Crippen molar-refractivity contribution in [1.82, 2.24) is 4.57 Å². The molecule has 5 N–H and O–H groups in total. The van der Waals surface area contributed by atoms with E-state index in [4.69, 9.17) is 16.3 Å². The fourth-order valence-electron chi connectivity index (χ4n) is 4.65. The Hall–Kier alpha value is -2.72. The standard InChI is InChI=1S/C25H23ClFNO6/c26-16-8-18(27)21-15(6-12-1-2-14-7-17(30)4-3-13(14)5-12)10-28(19(21)9-16)25-24(33)23(32)22(31)20(11-29)34-25/h1-5,7-10,20,22-25,29-33H,6,11H2/t20-,22-,23+,24-,25-/m1/s1. The summed E-state index contributed by atoms with van der Waals surface area (Å²) in [4.78, 5) is 0. The van der Waals surface area contributed by atoms with E-state index >= 15 is 4.39 Å². The smallest absolute Gasteiger partial charge is 0.163 e. The molecule has 2 heterocycles. The van der Waals surface area contributed by atoms with E-state index in [1.54, 1.807) is 24.4 Å². The lowest BCUT2D eigenvalue weighted by Crippen LogP contribution is -2.56. The Bertz CT molecular complexity index is 1370. The summed E-state index contributed by atoms with van der Waals surface area (Å²) in [5.41, 5.74) is 1.83. The van der Waals surface area contributed by atoms with Crippen LogP contribution in [0.25, 0.3) is 21.7 Å². The zero-order valence-electron chi connectivity index (χ0n) is 17.8. The quantitative estimate of drug-likeness (QED) is 0.302. The zero-order chi connectivity index (χ0) is 24.1. The van der Waals surface area contributed by atoms with Crippen LogP contribution in [0.1, 0.15) is 17.4 Å². The minimum absolute atomic E-state index is 0.144. The van der Waals surface area contributed by atoms with Crippen molar-refractivity contribution in [2.24, 2.45) is 0 Å². The molecular formula is C25H23ClFNO6. The van der Waals surface area contributed by atoms with Crippen molar-refractivity contribution in [3.63, 3.8) is 0 Å². The lowest BCUT2D eigenvalue weighted by molar-refractivity contribution is -0.250. The second-order valence-corrected chi connectivity index (χ2v) is 9.04. The Kier molecular flexibility index (Phi) is 5.97. The van der Waals surface area contributed by atoms with Crippen molar-refractivity contribution in [3.05, 3.63) is 76.7 Å². The Labute approximate surface area is 198 Å². The topological polar surface area (TPSA) is 115 Å². The molecule has 0 saturated carbocycles.